The molecule has 0 atom stereocenters. The van der Waals surface area contributed by atoms with E-state index in [9.17, 15) is 9.65 Å². The molecule has 0 unspecified atom stereocenters. The van der Waals surface area contributed by atoms with Crippen LogP contribution in [-0.4, -0.2) is 15.9 Å². The standard InChI is InChI=1S/C14H10BrClFN3O/c1-20-14(9(15)6-19-20)12-8(5-18)11(21-7-2-3-7)4-10(16)13(12)17/h4,6-7H,2-3H2,1H3. The zero-order valence-electron chi connectivity index (χ0n) is 11.0. The van der Waals surface area contributed by atoms with Gasteiger partial charge in [0.1, 0.15) is 17.4 Å². The number of aromatic nitrogens is 2. The van der Waals surface area contributed by atoms with Gasteiger partial charge < -0.3 is 4.74 Å². The fraction of sp³-hybridized carbons (Fsp3) is 0.286. The Morgan fingerprint density at radius 2 is 2.29 bits per heavy atom. The van der Waals surface area contributed by atoms with Crippen LogP contribution in [0.4, 0.5) is 4.39 Å². The second-order valence-corrected chi connectivity index (χ2v) is 6.08. The summed E-state index contributed by atoms with van der Waals surface area (Å²) >= 11 is 9.28. The smallest absolute Gasteiger partial charge is 0.152 e. The van der Waals surface area contributed by atoms with Crippen molar-refractivity contribution in [1.82, 2.24) is 9.78 Å². The van der Waals surface area contributed by atoms with Crippen molar-refractivity contribution < 1.29 is 9.13 Å². The lowest BCUT2D eigenvalue weighted by atomic mass is 10.0. The number of ether oxygens (including phenoxy) is 1. The number of hydrogen-bond acceptors (Lipinski definition) is 3. The first-order valence-corrected chi connectivity index (χ1v) is 7.46. The van der Waals surface area contributed by atoms with Crippen LogP contribution in [0.5, 0.6) is 5.75 Å². The van der Waals surface area contributed by atoms with E-state index in [0.29, 0.717) is 15.9 Å². The molecule has 0 radical (unpaired) electrons. The van der Waals surface area contributed by atoms with Gasteiger partial charge in [0.05, 0.1) is 33.1 Å². The lowest BCUT2D eigenvalue weighted by Crippen LogP contribution is -2.04. The number of benzene rings is 1. The minimum absolute atomic E-state index is 0.0762. The third-order valence-corrected chi connectivity index (χ3v) is 4.10. The second kappa shape index (κ2) is 5.32. The minimum atomic E-state index is -0.652. The Morgan fingerprint density at radius 3 is 2.81 bits per heavy atom. The maximum atomic E-state index is 14.5. The molecule has 0 bridgehead atoms. The monoisotopic (exact) mass is 369 g/mol. The summed E-state index contributed by atoms with van der Waals surface area (Å²) in [5.41, 5.74) is 0.688. The van der Waals surface area contributed by atoms with Gasteiger partial charge in [0, 0.05) is 13.1 Å². The molecule has 21 heavy (non-hydrogen) atoms. The first-order chi connectivity index (χ1) is 10.0. The largest absolute Gasteiger partial charge is 0.489 e. The molecule has 0 saturated heterocycles. The Hall–Kier alpha value is -1.58. The average Bonchev–Trinajstić information content (AvgIpc) is 3.20. The van der Waals surface area contributed by atoms with Crippen LogP contribution < -0.4 is 4.74 Å². The van der Waals surface area contributed by atoms with Gasteiger partial charge in [0.25, 0.3) is 0 Å². The lowest BCUT2D eigenvalue weighted by Gasteiger charge is -2.13. The minimum Gasteiger partial charge on any atom is -0.489 e. The van der Waals surface area contributed by atoms with Crippen molar-refractivity contribution in [3.8, 4) is 23.1 Å². The molecule has 0 amide bonds. The normalized spacial score (nSPS) is 14.0. The molecular weight excluding hydrogens is 361 g/mol. The van der Waals surface area contributed by atoms with E-state index in [-0.39, 0.29) is 22.3 Å². The van der Waals surface area contributed by atoms with E-state index in [0.717, 1.165) is 12.8 Å². The Labute approximate surface area is 134 Å². The average molecular weight is 371 g/mol. The first kappa shape index (κ1) is 14.4. The molecule has 2 aromatic rings. The van der Waals surface area contributed by atoms with Gasteiger partial charge in [-0.15, -0.1) is 0 Å². The summed E-state index contributed by atoms with van der Waals surface area (Å²) in [4.78, 5) is 0. The zero-order valence-corrected chi connectivity index (χ0v) is 13.4. The zero-order chi connectivity index (χ0) is 15.1. The molecule has 1 heterocycles. The van der Waals surface area contributed by atoms with Gasteiger partial charge in [-0.2, -0.15) is 10.4 Å². The number of nitriles is 1. The molecule has 1 aromatic carbocycles. The summed E-state index contributed by atoms with van der Waals surface area (Å²) in [5.74, 6) is -0.338. The highest BCUT2D eigenvalue weighted by molar-refractivity contribution is 9.10. The molecule has 1 fully saturated rings. The van der Waals surface area contributed by atoms with Gasteiger partial charge in [0.2, 0.25) is 0 Å². The third-order valence-electron chi connectivity index (χ3n) is 3.24. The molecule has 0 aliphatic heterocycles. The molecule has 108 valence electrons. The predicted molar refractivity (Wildman–Crippen MR) is 79.7 cm³/mol. The van der Waals surface area contributed by atoms with Gasteiger partial charge >= 0.3 is 0 Å². The molecule has 0 N–H and O–H groups in total. The summed E-state index contributed by atoms with van der Waals surface area (Å²) in [6.07, 6.45) is 3.49. The van der Waals surface area contributed by atoms with E-state index in [1.807, 2.05) is 6.07 Å². The van der Waals surface area contributed by atoms with Crippen LogP contribution >= 0.6 is 27.5 Å². The van der Waals surface area contributed by atoms with Gasteiger partial charge in [0.15, 0.2) is 5.82 Å². The van der Waals surface area contributed by atoms with Crippen LogP contribution in [0.3, 0.4) is 0 Å². The van der Waals surface area contributed by atoms with Crippen LogP contribution in [0.25, 0.3) is 11.3 Å². The molecule has 7 heteroatoms. The molecule has 0 spiro atoms. The van der Waals surface area contributed by atoms with E-state index in [1.165, 1.54) is 16.9 Å². The van der Waals surface area contributed by atoms with E-state index < -0.39 is 5.82 Å². The van der Waals surface area contributed by atoms with E-state index in [2.05, 4.69) is 21.0 Å². The van der Waals surface area contributed by atoms with Crippen molar-refractivity contribution in [3.05, 3.63) is 33.1 Å². The van der Waals surface area contributed by atoms with Crippen LogP contribution in [0.2, 0.25) is 5.02 Å². The molecule has 1 aliphatic carbocycles. The molecule has 1 aromatic heterocycles. The van der Waals surface area contributed by atoms with Crippen LogP contribution in [0.15, 0.2) is 16.7 Å². The number of rotatable bonds is 3. The van der Waals surface area contributed by atoms with Crippen molar-refractivity contribution in [2.75, 3.05) is 0 Å². The van der Waals surface area contributed by atoms with E-state index >= 15 is 0 Å². The molecule has 1 aliphatic rings. The lowest BCUT2D eigenvalue weighted by molar-refractivity contribution is 0.302. The van der Waals surface area contributed by atoms with Gasteiger partial charge in [-0.25, -0.2) is 4.39 Å². The second-order valence-electron chi connectivity index (χ2n) is 4.81. The summed E-state index contributed by atoms with van der Waals surface area (Å²) in [7, 11) is 1.67. The Bertz CT molecular complexity index is 745. The fourth-order valence-electron chi connectivity index (χ4n) is 2.09. The highest BCUT2D eigenvalue weighted by Gasteiger charge is 2.29. The molecule has 1 saturated carbocycles. The Kier molecular flexibility index (Phi) is 3.64. The van der Waals surface area contributed by atoms with Gasteiger partial charge in [-0.05, 0) is 28.8 Å². The highest BCUT2D eigenvalue weighted by atomic mass is 79.9. The third kappa shape index (κ3) is 2.52. The van der Waals surface area contributed by atoms with Gasteiger partial charge in [-0.3, -0.25) is 4.68 Å². The SMILES string of the molecule is Cn1ncc(Br)c1-c1c(F)c(Cl)cc(OC2CC2)c1C#N. The number of aryl methyl sites for hydroxylation is 1. The number of halogens is 3. The van der Waals surface area contributed by atoms with Crippen LogP contribution in [0, 0.1) is 17.1 Å². The van der Waals surface area contributed by atoms with Crippen molar-refractivity contribution in [2.45, 2.75) is 18.9 Å². The fourth-order valence-corrected chi connectivity index (χ4v) is 2.83. The van der Waals surface area contributed by atoms with Crippen LogP contribution in [-0.2, 0) is 7.05 Å². The summed E-state index contributed by atoms with van der Waals surface area (Å²) in [5, 5.41) is 13.4. The first-order valence-electron chi connectivity index (χ1n) is 6.29. The van der Waals surface area contributed by atoms with Crippen molar-refractivity contribution in [3.63, 3.8) is 0 Å². The number of nitrogens with zero attached hydrogens (tertiary/aromatic N) is 3. The van der Waals surface area contributed by atoms with E-state index in [4.69, 9.17) is 16.3 Å². The number of hydrogen-bond donors (Lipinski definition) is 0. The summed E-state index contributed by atoms with van der Waals surface area (Å²) in [6, 6.07) is 3.39. The summed E-state index contributed by atoms with van der Waals surface area (Å²) in [6.45, 7) is 0. The Morgan fingerprint density at radius 1 is 1.57 bits per heavy atom. The topological polar surface area (TPSA) is 50.8 Å². The maximum absolute atomic E-state index is 14.5. The van der Waals surface area contributed by atoms with Gasteiger partial charge in [-0.1, -0.05) is 11.6 Å². The molecule has 3 rings (SSSR count). The van der Waals surface area contributed by atoms with Crippen LogP contribution in [0.1, 0.15) is 18.4 Å². The molecule has 4 nitrogen and oxygen atoms in total. The predicted octanol–water partition coefficient (Wildman–Crippen LogP) is 4.05. The summed E-state index contributed by atoms with van der Waals surface area (Å²) < 4.78 is 22.3. The van der Waals surface area contributed by atoms with Crippen molar-refractivity contribution in [2.24, 2.45) is 7.05 Å². The van der Waals surface area contributed by atoms with E-state index in [1.54, 1.807) is 7.05 Å². The van der Waals surface area contributed by atoms with Crippen molar-refractivity contribution >= 4 is 27.5 Å². The maximum Gasteiger partial charge on any atom is 0.152 e. The van der Waals surface area contributed by atoms with Crippen molar-refractivity contribution in [1.29, 1.82) is 5.26 Å². The Balaban J connectivity index is 2.27. The molecular formula is C14H10BrClFN3O. The quantitative estimate of drug-likeness (QED) is 0.819. The highest BCUT2D eigenvalue weighted by Crippen LogP contribution is 2.41.